The summed E-state index contributed by atoms with van der Waals surface area (Å²) in [7, 11) is -3.84. The van der Waals surface area contributed by atoms with E-state index in [1.165, 1.54) is 11.3 Å². The van der Waals surface area contributed by atoms with E-state index in [9.17, 15) is 8.42 Å². The lowest BCUT2D eigenvalue weighted by atomic mass is 10.1. The lowest BCUT2D eigenvalue weighted by molar-refractivity contribution is 0.595. The van der Waals surface area contributed by atoms with Crippen molar-refractivity contribution < 1.29 is 8.42 Å². The molecule has 6 heteroatoms. The second-order valence-corrected chi connectivity index (χ2v) is 9.15. The molecule has 3 aromatic carbocycles. The third-order valence-corrected chi connectivity index (χ3v) is 7.07. The smallest absolute Gasteiger partial charge is 0.285 e. The number of thiazole rings is 1. The van der Waals surface area contributed by atoms with Crippen LogP contribution >= 0.6 is 11.3 Å². The maximum Gasteiger partial charge on any atom is 0.285 e. The van der Waals surface area contributed by atoms with Crippen molar-refractivity contribution in [3.8, 4) is 21.7 Å². The molecule has 30 heavy (non-hydrogen) atoms. The third kappa shape index (κ3) is 4.06. The van der Waals surface area contributed by atoms with Gasteiger partial charge in [-0.2, -0.15) is 8.42 Å². The van der Waals surface area contributed by atoms with E-state index < -0.39 is 10.0 Å². The SMILES string of the molecule is C=CCn1c(-c2ccccc2)c(-c2ccccc2)s/c1=N\S(=O)(=O)c1ccccc1. The van der Waals surface area contributed by atoms with E-state index in [1.54, 1.807) is 36.4 Å². The fraction of sp³-hybridized carbons (Fsp3) is 0.0417. The molecule has 4 rings (SSSR count). The van der Waals surface area contributed by atoms with Gasteiger partial charge in [0.25, 0.3) is 10.0 Å². The van der Waals surface area contributed by atoms with Crippen molar-refractivity contribution in [3.05, 3.63) is 108 Å². The highest BCUT2D eigenvalue weighted by Gasteiger charge is 2.19. The fourth-order valence-electron chi connectivity index (χ4n) is 3.20. The van der Waals surface area contributed by atoms with Crippen LogP contribution in [0.3, 0.4) is 0 Å². The summed E-state index contributed by atoms with van der Waals surface area (Å²) in [6.45, 7) is 4.30. The topological polar surface area (TPSA) is 51.4 Å². The van der Waals surface area contributed by atoms with E-state index in [4.69, 9.17) is 0 Å². The monoisotopic (exact) mass is 432 g/mol. The fourth-order valence-corrected chi connectivity index (χ4v) is 5.59. The predicted molar refractivity (Wildman–Crippen MR) is 123 cm³/mol. The van der Waals surface area contributed by atoms with Crippen molar-refractivity contribution in [3.63, 3.8) is 0 Å². The van der Waals surface area contributed by atoms with Crippen LogP contribution in [-0.4, -0.2) is 13.0 Å². The van der Waals surface area contributed by atoms with Gasteiger partial charge in [-0.3, -0.25) is 0 Å². The Kier molecular flexibility index (Phi) is 5.79. The van der Waals surface area contributed by atoms with Gasteiger partial charge in [0.2, 0.25) is 4.80 Å². The minimum atomic E-state index is -3.84. The van der Waals surface area contributed by atoms with Crippen LogP contribution in [0, 0.1) is 0 Å². The van der Waals surface area contributed by atoms with Gasteiger partial charge in [0.15, 0.2) is 0 Å². The zero-order chi connectivity index (χ0) is 21.0. The van der Waals surface area contributed by atoms with Crippen LogP contribution in [0.25, 0.3) is 21.7 Å². The van der Waals surface area contributed by atoms with Crippen LogP contribution in [0.2, 0.25) is 0 Å². The molecular formula is C24H20N2O2S2. The number of sulfonamides is 1. The van der Waals surface area contributed by atoms with Crippen LogP contribution in [-0.2, 0) is 16.6 Å². The molecule has 0 unspecified atom stereocenters. The van der Waals surface area contributed by atoms with E-state index >= 15 is 0 Å². The summed E-state index contributed by atoms with van der Waals surface area (Å²) in [4.78, 5) is 1.55. The van der Waals surface area contributed by atoms with Crippen molar-refractivity contribution in [2.45, 2.75) is 11.4 Å². The summed E-state index contributed by atoms with van der Waals surface area (Å²) in [6, 6.07) is 28.2. The van der Waals surface area contributed by atoms with Gasteiger partial charge in [-0.25, -0.2) is 0 Å². The largest absolute Gasteiger partial charge is 0.311 e. The van der Waals surface area contributed by atoms with Crippen molar-refractivity contribution in [1.29, 1.82) is 0 Å². The van der Waals surface area contributed by atoms with E-state index in [1.807, 2.05) is 65.2 Å². The molecular weight excluding hydrogens is 412 g/mol. The molecule has 1 heterocycles. The number of allylic oxidation sites excluding steroid dienone is 1. The van der Waals surface area contributed by atoms with Crippen molar-refractivity contribution >= 4 is 21.4 Å². The molecule has 0 amide bonds. The highest BCUT2D eigenvalue weighted by atomic mass is 32.2. The highest BCUT2D eigenvalue weighted by molar-refractivity contribution is 7.90. The summed E-state index contributed by atoms with van der Waals surface area (Å²) in [5.41, 5.74) is 2.93. The summed E-state index contributed by atoms with van der Waals surface area (Å²) in [5, 5.41) is 0. The minimum absolute atomic E-state index is 0.172. The van der Waals surface area contributed by atoms with Gasteiger partial charge in [-0.05, 0) is 23.3 Å². The third-order valence-electron chi connectivity index (χ3n) is 4.54. The Labute approximate surface area is 180 Å². The molecule has 0 aliphatic carbocycles. The lowest BCUT2D eigenvalue weighted by Gasteiger charge is -2.09. The van der Waals surface area contributed by atoms with Crippen LogP contribution in [0.5, 0.6) is 0 Å². The molecule has 0 spiro atoms. The molecule has 150 valence electrons. The maximum atomic E-state index is 13.0. The Morgan fingerprint density at radius 3 is 1.93 bits per heavy atom. The van der Waals surface area contributed by atoms with Crippen LogP contribution < -0.4 is 4.80 Å². The standard InChI is InChI=1S/C24H20N2O2S2/c1-2-18-26-22(19-12-6-3-7-13-19)23(20-14-8-4-9-15-20)29-24(26)25-30(27,28)21-16-10-5-11-17-21/h2-17H,1,18H2/b25-24-. The summed E-state index contributed by atoms with van der Waals surface area (Å²) >= 11 is 1.36. The summed E-state index contributed by atoms with van der Waals surface area (Å²) < 4.78 is 32.0. The number of nitrogens with zero attached hydrogens (tertiary/aromatic N) is 2. The zero-order valence-corrected chi connectivity index (χ0v) is 17.8. The maximum absolute atomic E-state index is 13.0. The Bertz CT molecular complexity index is 1320. The normalized spacial score (nSPS) is 12.1. The lowest BCUT2D eigenvalue weighted by Crippen LogP contribution is -2.17. The van der Waals surface area contributed by atoms with Gasteiger partial charge < -0.3 is 4.57 Å². The van der Waals surface area contributed by atoms with Gasteiger partial charge in [0.1, 0.15) is 0 Å². The Morgan fingerprint density at radius 1 is 0.833 bits per heavy atom. The number of hydrogen-bond acceptors (Lipinski definition) is 3. The summed E-state index contributed by atoms with van der Waals surface area (Å²) in [5.74, 6) is 0. The molecule has 4 nitrogen and oxygen atoms in total. The molecule has 0 saturated carbocycles. The molecule has 1 aromatic heterocycles. The van der Waals surface area contributed by atoms with Gasteiger partial charge in [0, 0.05) is 6.54 Å². The van der Waals surface area contributed by atoms with Crippen LogP contribution in [0.15, 0.2) is 113 Å². The van der Waals surface area contributed by atoms with Crippen molar-refractivity contribution in [1.82, 2.24) is 4.57 Å². The second-order valence-electron chi connectivity index (χ2n) is 6.57. The zero-order valence-electron chi connectivity index (χ0n) is 16.2. The molecule has 4 aromatic rings. The van der Waals surface area contributed by atoms with Gasteiger partial charge in [-0.1, -0.05) is 96.3 Å². The molecule has 0 N–H and O–H groups in total. The van der Waals surface area contributed by atoms with E-state index in [-0.39, 0.29) is 4.90 Å². The predicted octanol–water partition coefficient (Wildman–Crippen LogP) is 5.36. The number of rotatable bonds is 6. The van der Waals surface area contributed by atoms with Gasteiger partial charge >= 0.3 is 0 Å². The molecule has 0 atom stereocenters. The average molecular weight is 433 g/mol. The average Bonchev–Trinajstić information content (AvgIpc) is 3.13. The van der Waals surface area contributed by atoms with Crippen LogP contribution in [0.4, 0.5) is 0 Å². The molecule has 0 fully saturated rings. The number of aromatic nitrogens is 1. The van der Waals surface area contributed by atoms with Gasteiger partial charge in [0.05, 0.1) is 15.5 Å². The Balaban J connectivity index is 2.03. The van der Waals surface area contributed by atoms with Crippen LogP contribution in [0.1, 0.15) is 0 Å². The molecule has 0 aliphatic rings. The summed E-state index contributed by atoms with van der Waals surface area (Å²) in [6.07, 6.45) is 1.75. The first-order valence-corrected chi connectivity index (χ1v) is 11.7. The van der Waals surface area contributed by atoms with E-state index in [2.05, 4.69) is 11.0 Å². The minimum Gasteiger partial charge on any atom is -0.311 e. The van der Waals surface area contributed by atoms with E-state index in [0.717, 1.165) is 21.7 Å². The highest BCUT2D eigenvalue weighted by Crippen LogP contribution is 2.34. The quantitative estimate of drug-likeness (QED) is 0.385. The first-order chi connectivity index (χ1) is 14.6. The second kappa shape index (κ2) is 8.65. The molecule has 0 radical (unpaired) electrons. The van der Waals surface area contributed by atoms with Gasteiger partial charge in [-0.15, -0.1) is 11.0 Å². The Morgan fingerprint density at radius 2 is 1.37 bits per heavy atom. The number of hydrogen-bond donors (Lipinski definition) is 0. The first-order valence-electron chi connectivity index (χ1n) is 9.41. The number of benzene rings is 3. The van der Waals surface area contributed by atoms with Crippen molar-refractivity contribution in [2.75, 3.05) is 0 Å². The first kappa shape index (κ1) is 20.1. The molecule has 0 saturated heterocycles. The molecule has 0 bridgehead atoms. The Hall–Kier alpha value is -3.22. The van der Waals surface area contributed by atoms with Crippen molar-refractivity contribution in [2.24, 2.45) is 4.40 Å². The molecule has 0 aliphatic heterocycles. The van der Waals surface area contributed by atoms with E-state index in [0.29, 0.717) is 11.3 Å².